The first-order valence-corrected chi connectivity index (χ1v) is 8.66. The average molecular weight is 385 g/mol. The van der Waals surface area contributed by atoms with E-state index >= 15 is 0 Å². The topological polar surface area (TPSA) is 67.8 Å². The minimum absolute atomic E-state index is 0.0000849. The molecule has 0 saturated carbocycles. The Morgan fingerprint density at radius 1 is 1.39 bits per heavy atom. The highest BCUT2D eigenvalue weighted by Crippen LogP contribution is 2.27. The summed E-state index contributed by atoms with van der Waals surface area (Å²) in [5.74, 6) is 1.35. The van der Waals surface area contributed by atoms with Gasteiger partial charge in [0, 0.05) is 26.2 Å². The summed E-state index contributed by atoms with van der Waals surface area (Å²) in [5, 5.41) is 0. The van der Waals surface area contributed by atoms with Gasteiger partial charge in [-0.15, -0.1) is 0 Å². The van der Waals surface area contributed by atoms with Crippen molar-refractivity contribution in [3.8, 4) is 5.88 Å². The van der Waals surface area contributed by atoms with Crippen LogP contribution in [-0.4, -0.2) is 67.3 Å². The molecule has 2 aliphatic rings. The van der Waals surface area contributed by atoms with Crippen LogP contribution >= 0.6 is 15.9 Å². The lowest BCUT2D eigenvalue weighted by Gasteiger charge is -2.36. The van der Waals surface area contributed by atoms with Crippen LogP contribution in [0.2, 0.25) is 0 Å². The fraction of sp³-hybridized carbons (Fsp3) is 0.667. The van der Waals surface area contributed by atoms with Crippen molar-refractivity contribution >= 4 is 27.8 Å². The van der Waals surface area contributed by atoms with E-state index in [9.17, 15) is 4.79 Å². The quantitative estimate of drug-likeness (QED) is 0.782. The summed E-state index contributed by atoms with van der Waals surface area (Å²) in [6.45, 7) is 4.17. The molecule has 0 radical (unpaired) electrons. The second-order valence-electron chi connectivity index (χ2n) is 5.75. The number of hydrogen-bond donors (Lipinski definition) is 0. The van der Waals surface area contributed by atoms with Gasteiger partial charge in [-0.25, -0.2) is 4.98 Å². The number of piperidine rings is 1. The Balaban J connectivity index is 1.69. The predicted molar refractivity (Wildman–Crippen MR) is 88.6 cm³/mol. The maximum atomic E-state index is 12.7. The SMILES string of the molecule is COc1nc(N2CCCC(C(=O)N3CCOCC3)C2)ncc1Br. The van der Waals surface area contributed by atoms with E-state index in [-0.39, 0.29) is 11.8 Å². The fourth-order valence-electron chi connectivity index (χ4n) is 3.04. The molecule has 23 heavy (non-hydrogen) atoms. The number of hydrogen-bond acceptors (Lipinski definition) is 6. The molecule has 1 aromatic heterocycles. The summed E-state index contributed by atoms with van der Waals surface area (Å²) < 4.78 is 11.3. The average Bonchev–Trinajstić information content (AvgIpc) is 2.62. The summed E-state index contributed by atoms with van der Waals surface area (Å²) in [6.07, 6.45) is 3.57. The van der Waals surface area contributed by atoms with Gasteiger partial charge in [-0.2, -0.15) is 4.98 Å². The monoisotopic (exact) mass is 384 g/mol. The Kier molecular flexibility index (Phi) is 5.32. The normalized spacial score (nSPS) is 22.1. The molecule has 126 valence electrons. The molecule has 0 N–H and O–H groups in total. The number of anilines is 1. The van der Waals surface area contributed by atoms with Crippen LogP contribution < -0.4 is 9.64 Å². The lowest BCUT2D eigenvalue weighted by atomic mass is 9.96. The van der Waals surface area contributed by atoms with Crippen LogP contribution in [-0.2, 0) is 9.53 Å². The van der Waals surface area contributed by atoms with Gasteiger partial charge in [0.2, 0.25) is 17.7 Å². The molecule has 2 saturated heterocycles. The molecule has 2 fully saturated rings. The maximum absolute atomic E-state index is 12.7. The third-order valence-corrected chi connectivity index (χ3v) is 4.81. The van der Waals surface area contributed by atoms with Crippen molar-refractivity contribution in [3.05, 3.63) is 10.7 Å². The van der Waals surface area contributed by atoms with Crippen LogP contribution in [0.25, 0.3) is 0 Å². The first-order chi connectivity index (χ1) is 11.2. The zero-order valence-electron chi connectivity index (χ0n) is 13.2. The van der Waals surface area contributed by atoms with E-state index in [1.165, 1.54) is 0 Å². The van der Waals surface area contributed by atoms with Gasteiger partial charge in [0.1, 0.15) is 0 Å². The summed E-state index contributed by atoms with van der Waals surface area (Å²) in [7, 11) is 1.58. The lowest BCUT2D eigenvalue weighted by molar-refractivity contribution is -0.139. The van der Waals surface area contributed by atoms with Crippen molar-refractivity contribution in [3.63, 3.8) is 0 Å². The van der Waals surface area contributed by atoms with Gasteiger partial charge in [-0.05, 0) is 28.8 Å². The first-order valence-electron chi connectivity index (χ1n) is 7.87. The number of carbonyl (C=O) groups is 1. The van der Waals surface area contributed by atoms with Gasteiger partial charge in [-0.1, -0.05) is 0 Å². The number of amides is 1. The van der Waals surface area contributed by atoms with Crippen molar-refractivity contribution < 1.29 is 14.3 Å². The molecule has 0 spiro atoms. The molecule has 1 atom stereocenters. The zero-order valence-corrected chi connectivity index (χ0v) is 14.8. The summed E-state index contributed by atoms with van der Waals surface area (Å²) in [6, 6.07) is 0. The number of rotatable bonds is 3. The minimum Gasteiger partial charge on any atom is -0.480 e. The van der Waals surface area contributed by atoms with E-state index in [1.54, 1.807) is 13.3 Å². The third kappa shape index (κ3) is 3.74. The molecule has 7 nitrogen and oxygen atoms in total. The number of aromatic nitrogens is 2. The van der Waals surface area contributed by atoms with E-state index < -0.39 is 0 Å². The van der Waals surface area contributed by atoms with Crippen molar-refractivity contribution in [1.82, 2.24) is 14.9 Å². The summed E-state index contributed by atoms with van der Waals surface area (Å²) in [5.41, 5.74) is 0. The van der Waals surface area contributed by atoms with Gasteiger partial charge >= 0.3 is 0 Å². The van der Waals surface area contributed by atoms with Crippen LogP contribution in [0.3, 0.4) is 0 Å². The van der Waals surface area contributed by atoms with Crippen molar-refractivity contribution in [2.45, 2.75) is 12.8 Å². The van der Waals surface area contributed by atoms with Crippen LogP contribution in [0.4, 0.5) is 5.95 Å². The summed E-state index contributed by atoms with van der Waals surface area (Å²) >= 11 is 3.36. The molecule has 1 amide bonds. The largest absolute Gasteiger partial charge is 0.480 e. The van der Waals surface area contributed by atoms with Crippen LogP contribution in [0.15, 0.2) is 10.7 Å². The Morgan fingerprint density at radius 2 is 2.17 bits per heavy atom. The van der Waals surface area contributed by atoms with E-state index in [0.717, 1.165) is 23.9 Å². The van der Waals surface area contributed by atoms with Gasteiger partial charge in [0.25, 0.3) is 0 Å². The van der Waals surface area contributed by atoms with Crippen molar-refractivity contribution in [2.24, 2.45) is 5.92 Å². The van der Waals surface area contributed by atoms with E-state index in [2.05, 4.69) is 30.8 Å². The summed E-state index contributed by atoms with van der Waals surface area (Å²) in [4.78, 5) is 25.4. The standard InChI is InChI=1S/C15H21BrN4O3/c1-22-13-12(16)9-17-15(18-13)20-4-2-3-11(10-20)14(21)19-5-7-23-8-6-19/h9,11H,2-8,10H2,1H3. The highest BCUT2D eigenvalue weighted by Gasteiger charge is 2.31. The molecule has 1 unspecified atom stereocenters. The van der Waals surface area contributed by atoms with E-state index in [4.69, 9.17) is 9.47 Å². The molecule has 2 aliphatic heterocycles. The first kappa shape index (κ1) is 16.4. The van der Waals surface area contributed by atoms with Crippen LogP contribution in [0.5, 0.6) is 5.88 Å². The Bertz CT molecular complexity index is 566. The van der Waals surface area contributed by atoms with Crippen LogP contribution in [0.1, 0.15) is 12.8 Å². The van der Waals surface area contributed by atoms with Crippen LogP contribution in [0, 0.1) is 5.92 Å². The molecule has 3 rings (SSSR count). The Morgan fingerprint density at radius 3 is 2.91 bits per heavy atom. The molecule has 1 aromatic rings. The van der Waals surface area contributed by atoms with Gasteiger partial charge < -0.3 is 19.3 Å². The number of methoxy groups -OCH3 is 1. The maximum Gasteiger partial charge on any atom is 0.232 e. The predicted octanol–water partition coefficient (Wildman–Crippen LogP) is 1.32. The highest BCUT2D eigenvalue weighted by atomic mass is 79.9. The fourth-order valence-corrected chi connectivity index (χ4v) is 3.39. The number of nitrogens with zero attached hydrogens (tertiary/aromatic N) is 4. The number of halogens is 1. The Labute approximate surface area is 144 Å². The molecule has 0 aromatic carbocycles. The van der Waals surface area contributed by atoms with E-state index in [1.807, 2.05) is 4.90 Å². The van der Waals surface area contributed by atoms with Crippen molar-refractivity contribution in [2.75, 3.05) is 51.4 Å². The molecular formula is C15H21BrN4O3. The second kappa shape index (κ2) is 7.44. The molecule has 8 heteroatoms. The smallest absolute Gasteiger partial charge is 0.232 e. The third-order valence-electron chi connectivity index (χ3n) is 4.27. The van der Waals surface area contributed by atoms with Gasteiger partial charge in [-0.3, -0.25) is 4.79 Å². The second-order valence-corrected chi connectivity index (χ2v) is 6.60. The number of ether oxygens (including phenoxy) is 2. The van der Waals surface area contributed by atoms with Crippen molar-refractivity contribution in [1.29, 1.82) is 0 Å². The molecular weight excluding hydrogens is 364 g/mol. The number of morpholine rings is 1. The molecule has 3 heterocycles. The molecule has 0 bridgehead atoms. The lowest BCUT2D eigenvalue weighted by Crippen LogP contribution is -2.48. The highest BCUT2D eigenvalue weighted by molar-refractivity contribution is 9.10. The Hall–Kier alpha value is -1.41. The van der Waals surface area contributed by atoms with Gasteiger partial charge in [0.15, 0.2) is 0 Å². The van der Waals surface area contributed by atoms with Gasteiger partial charge in [0.05, 0.1) is 36.9 Å². The minimum atomic E-state index is 0.0000849. The molecule has 0 aliphatic carbocycles. The van der Waals surface area contributed by atoms with E-state index in [0.29, 0.717) is 44.7 Å². The number of carbonyl (C=O) groups excluding carboxylic acids is 1. The zero-order chi connectivity index (χ0) is 16.2.